The molecule has 0 bridgehead atoms. The summed E-state index contributed by atoms with van der Waals surface area (Å²) in [6.45, 7) is 2.88. The maximum Gasteiger partial charge on any atom is 0.151 e. The SMILES string of the molecule is O=C(CCl)C1CCCN(Cc2ccccc2)C1. The highest BCUT2D eigenvalue weighted by molar-refractivity contribution is 6.27. The summed E-state index contributed by atoms with van der Waals surface area (Å²) in [4.78, 5) is 14.0. The third-order valence-corrected chi connectivity index (χ3v) is 3.60. The van der Waals surface area contributed by atoms with Crippen LogP contribution in [0, 0.1) is 5.92 Å². The standard InChI is InChI=1S/C14H18ClNO/c15-9-14(17)13-7-4-8-16(11-13)10-12-5-2-1-3-6-12/h1-3,5-6,13H,4,7-11H2. The minimum atomic E-state index is 0.143. The molecule has 0 N–H and O–H groups in total. The van der Waals surface area contributed by atoms with Crippen LogP contribution >= 0.6 is 11.6 Å². The molecule has 1 aromatic carbocycles. The number of Topliss-reactive ketones (excluding diaryl/α,β-unsaturated/α-hetero) is 1. The first kappa shape index (κ1) is 12.6. The molecule has 0 spiro atoms. The minimum absolute atomic E-state index is 0.143. The van der Waals surface area contributed by atoms with E-state index in [0.717, 1.165) is 32.5 Å². The van der Waals surface area contributed by atoms with Crippen molar-refractivity contribution in [1.29, 1.82) is 0 Å². The van der Waals surface area contributed by atoms with Crippen molar-refractivity contribution in [2.24, 2.45) is 5.92 Å². The number of carbonyl (C=O) groups is 1. The largest absolute Gasteiger partial charge is 0.298 e. The average molecular weight is 252 g/mol. The quantitative estimate of drug-likeness (QED) is 0.767. The van der Waals surface area contributed by atoms with Gasteiger partial charge in [-0.15, -0.1) is 11.6 Å². The van der Waals surface area contributed by atoms with Gasteiger partial charge in [0.2, 0.25) is 0 Å². The molecule has 1 aliphatic heterocycles. The van der Waals surface area contributed by atoms with E-state index in [-0.39, 0.29) is 17.6 Å². The zero-order valence-corrected chi connectivity index (χ0v) is 10.7. The number of halogens is 1. The summed E-state index contributed by atoms with van der Waals surface area (Å²) in [5, 5.41) is 0. The number of rotatable bonds is 4. The Morgan fingerprint density at radius 1 is 1.35 bits per heavy atom. The molecule has 92 valence electrons. The van der Waals surface area contributed by atoms with Gasteiger partial charge in [-0.3, -0.25) is 9.69 Å². The number of likely N-dealkylation sites (tertiary alicyclic amines) is 1. The van der Waals surface area contributed by atoms with Crippen LogP contribution in [0.2, 0.25) is 0 Å². The fraction of sp³-hybridized carbons (Fsp3) is 0.500. The maximum absolute atomic E-state index is 11.6. The van der Waals surface area contributed by atoms with E-state index < -0.39 is 0 Å². The van der Waals surface area contributed by atoms with Crippen molar-refractivity contribution in [3.63, 3.8) is 0 Å². The summed E-state index contributed by atoms with van der Waals surface area (Å²) >= 11 is 5.63. The summed E-state index contributed by atoms with van der Waals surface area (Å²) in [5.41, 5.74) is 1.31. The summed E-state index contributed by atoms with van der Waals surface area (Å²) in [5.74, 6) is 0.499. The number of nitrogens with zero attached hydrogens (tertiary/aromatic N) is 1. The third kappa shape index (κ3) is 3.55. The van der Waals surface area contributed by atoms with E-state index in [9.17, 15) is 4.79 Å². The van der Waals surface area contributed by atoms with Crippen molar-refractivity contribution in [3.8, 4) is 0 Å². The molecule has 0 amide bonds. The molecule has 1 atom stereocenters. The van der Waals surface area contributed by atoms with Gasteiger partial charge in [-0.1, -0.05) is 30.3 Å². The second-order valence-corrected chi connectivity index (χ2v) is 4.93. The van der Waals surface area contributed by atoms with E-state index >= 15 is 0 Å². The van der Waals surface area contributed by atoms with Crippen LogP contribution in [-0.2, 0) is 11.3 Å². The summed E-state index contributed by atoms with van der Waals surface area (Å²) in [6.07, 6.45) is 2.09. The van der Waals surface area contributed by atoms with Gasteiger partial charge < -0.3 is 0 Å². The number of hydrogen-bond acceptors (Lipinski definition) is 2. The van der Waals surface area contributed by atoms with Gasteiger partial charge in [0, 0.05) is 19.0 Å². The Labute approximate surface area is 108 Å². The van der Waals surface area contributed by atoms with Gasteiger partial charge in [0.05, 0.1) is 5.88 Å². The molecule has 1 aromatic rings. The van der Waals surface area contributed by atoms with Crippen molar-refractivity contribution in [2.45, 2.75) is 19.4 Å². The van der Waals surface area contributed by atoms with Crippen LogP contribution in [0.25, 0.3) is 0 Å². The van der Waals surface area contributed by atoms with Crippen LogP contribution in [0.15, 0.2) is 30.3 Å². The molecule has 0 aliphatic carbocycles. The summed E-state index contributed by atoms with van der Waals surface area (Å²) in [6, 6.07) is 10.4. The molecule has 0 aromatic heterocycles. The lowest BCUT2D eigenvalue weighted by atomic mass is 9.94. The Morgan fingerprint density at radius 3 is 2.82 bits per heavy atom. The van der Waals surface area contributed by atoms with E-state index in [1.807, 2.05) is 6.07 Å². The maximum atomic E-state index is 11.6. The Hall–Kier alpha value is -0.860. The second-order valence-electron chi connectivity index (χ2n) is 4.66. The Morgan fingerprint density at radius 2 is 2.12 bits per heavy atom. The van der Waals surface area contributed by atoms with Crippen LogP contribution in [0.1, 0.15) is 18.4 Å². The Bertz CT molecular complexity index is 366. The van der Waals surface area contributed by atoms with E-state index in [0.29, 0.717) is 0 Å². The molecule has 1 heterocycles. The number of hydrogen-bond donors (Lipinski definition) is 0. The van der Waals surface area contributed by atoms with E-state index in [1.54, 1.807) is 0 Å². The first-order chi connectivity index (χ1) is 8.29. The van der Waals surface area contributed by atoms with Gasteiger partial charge in [-0.25, -0.2) is 0 Å². The molecule has 3 heteroatoms. The highest BCUT2D eigenvalue weighted by Gasteiger charge is 2.24. The van der Waals surface area contributed by atoms with Gasteiger partial charge >= 0.3 is 0 Å². The first-order valence-corrected chi connectivity index (χ1v) is 6.68. The van der Waals surface area contributed by atoms with Crippen LogP contribution in [0.4, 0.5) is 0 Å². The second kappa shape index (κ2) is 6.18. The lowest BCUT2D eigenvalue weighted by Crippen LogP contribution is -2.38. The molecule has 1 aliphatic rings. The molecule has 2 nitrogen and oxygen atoms in total. The van der Waals surface area contributed by atoms with Crippen molar-refractivity contribution in [2.75, 3.05) is 19.0 Å². The Balaban J connectivity index is 1.92. The molecule has 1 saturated heterocycles. The number of carbonyl (C=O) groups excluding carboxylic acids is 1. The smallest absolute Gasteiger partial charge is 0.151 e. The predicted molar refractivity (Wildman–Crippen MR) is 70.2 cm³/mol. The molecular formula is C14H18ClNO. The Kier molecular flexibility index (Phi) is 4.57. The van der Waals surface area contributed by atoms with E-state index in [2.05, 4.69) is 29.2 Å². The zero-order chi connectivity index (χ0) is 12.1. The molecule has 0 saturated carbocycles. The molecule has 1 unspecified atom stereocenters. The van der Waals surface area contributed by atoms with E-state index in [4.69, 9.17) is 11.6 Å². The van der Waals surface area contributed by atoms with Crippen LogP contribution < -0.4 is 0 Å². The normalized spacial score (nSPS) is 21.4. The topological polar surface area (TPSA) is 20.3 Å². The highest BCUT2D eigenvalue weighted by Crippen LogP contribution is 2.19. The van der Waals surface area contributed by atoms with Crippen LogP contribution in [0.5, 0.6) is 0 Å². The van der Waals surface area contributed by atoms with Gasteiger partial charge in [-0.2, -0.15) is 0 Å². The van der Waals surface area contributed by atoms with Gasteiger partial charge in [-0.05, 0) is 24.9 Å². The number of piperidine rings is 1. The van der Waals surface area contributed by atoms with Gasteiger partial charge in [0.1, 0.15) is 0 Å². The van der Waals surface area contributed by atoms with Crippen molar-refractivity contribution in [1.82, 2.24) is 4.90 Å². The van der Waals surface area contributed by atoms with Gasteiger partial charge in [0.15, 0.2) is 5.78 Å². The van der Waals surface area contributed by atoms with Crippen molar-refractivity contribution >= 4 is 17.4 Å². The summed E-state index contributed by atoms with van der Waals surface area (Å²) in [7, 11) is 0. The van der Waals surface area contributed by atoms with Crippen LogP contribution in [-0.4, -0.2) is 29.7 Å². The van der Waals surface area contributed by atoms with Crippen molar-refractivity contribution in [3.05, 3.63) is 35.9 Å². The predicted octanol–water partition coefficient (Wildman–Crippen LogP) is 2.71. The molecule has 0 radical (unpaired) electrons. The lowest BCUT2D eigenvalue weighted by Gasteiger charge is -2.31. The fourth-order valence-corrected chi connectivity index (χ4v) is 2.63. The molecule has 1 fully saturated rings. The minimum Gasteiger partial charge on any atom is -0.298 e. The van der Waals surface area contributed by atoms with Crippen molar-refractivity contribution < 1.29 is 4.79 Å². The molecule has 2 rings (SSSR count). The van der Waals surface area contributed by atoms with Gasteiger partial charge in [0.25, 0.3) is 0 Å². The summed E-state index contributed by atoms with van der Waals surface area (Å²) < 4.78 is 0. The fourth-order valence-electron chi connectivity index (χ4n) is 2.41. The molecule has 17 heavy (non-hydrogen) atoms. The third-order valence-electron chi connectivity index (χ3n) is 3.34. The van der Waals surface area contributed by atoms with Crippen LogP contribution in [0.3, 0.4) is 0 Å². The monoisotopic (exact) mass is 251 g/mol. The molecular weight excluding hydrogens is 234 g/mol. The number of ketones is 1. The lowest BCUT2D eigenvalue weighted by molar-refractivity contribution is -0.122. The highest BCUT2D eigenvalue weighted by atomic mass is 35.5. The zero-order valence-electron chi connectivity index (χ0n) is 9.94. The van der Waals surface area contributed by atoms with E-state index in [1.165, 1.54) is 5.56 Å². The number of benzene rings is 1. The first-order valence-electron chi connectivity index (χ1n) is 6.14. The number of alkyl halides is 1. The average Bonchev–Trinajstić information content (AvgIpc) is 2.39.